The van der Waals surface area contributed by atoms with Gasteiger partial charge < -0.3 is 0 Å². The number of halogens is 3. The summed E-state index contributed by atoms with van der Waals surface area (Å²) in [4.78, 5) is 11.2. The lowest BCUT2D eigenvalue weighted by Gasteiger charge is -2.05. The minimum atomic E-state index is -0.499. The molecule has 0 N–H and O–H groups in total. The van der Waals surface area contributed by atoms with E-state index in [0.29, 0.717) is 14.5 Å². The summed E-state index contributed by atoms with van der Waals surface area (Å²) in [5.74, 6) is 0. The lowest BCUT2D eigenvalue weighted by Crippen LogP contribution is -1.93. The van der Waals surface area contributed by atoms with Gasteiger partial charge >= 0.3 is 0 Å². The highest BCUT2D eigenvalue weighted by atomic mass is 79.9. The Kier molecular flexibility index (Phi) is 3.70. The predicted molar refractivity (Wildman–Crippen MR) is 74.2 cm³/mol. The molecule has 0 unspecified atom stereocenters. The Morgan fingerprint density at radius 2 is 1.88 bits per heavy atom. The average Bonchev–Trinajstić information content (AvgIpc) is 2.63. The summed E-state index contributed by atoms with van der Waals surface area (Å²) in [6.07, 6.45) is 3.66. The molecule has 0 spiro atoms. The lowest BCUT2D eigenvalue weighted by atomic mass is 10.1. The van der Waals surface area contributed by atoms with Gasteiger partial charge in [0.15, 0.2) is 0 Å². The molecular formula is C11H7Br2ClN2O. The van der Waals surface area contributed by atoms with Gasteiger partial charge in [0, 0.05) is 27.8 Å². The van der Waals surface area contributed by atoms with Gasteiger partial charge in [-0.2, -0.15) is 5.10 Å². The highest BCUT2D eigenvalue weighted by Crippen LogP contribution is 2.32. The smallest absolute Gasteiger partial charge is 0.254 e. The fourth-order valence-electron chi connectivity index (χ4n) is 1.50. The van der Waals surface area contributed by atoms with Crippen LogP contribution in [0.25, 0.3) is 11.1 Å². The molecule has 17 heavy (non-hydrogen) atoms. The van der Waals surface area contributed by atoms with Crippen LogP contribution in [-0.4, -0.2) is 15.0 Å². The van der Waals surface area contributed by atoms with Crippen LogP contribution < -0.4 is 0 Å². The first kappa shape index (κ1) is 12.8. The maximum absolute atomic E-state index is 11.2. The molecule has 1 heterocycles. The van der Waals surface area contributed by atoms with Crippen molar-refractivity contribution in [3.8, 4) is 11.1 Å². The molecule has 88 valence electrons. The Morgan fingerprint density at radius 1 is 1.29 bits per heavy atom. The summed E-state index contributed by atoms with van der Waals surface area (Å²) in [7, 11) is 1.85. The van der Waals surface area contributed by atoms with Crippen LogP contribution in [0.4, 0.5) is 0 Å². The Morgan fingerprint density at radius 3 is 2.29 bits per heavy atom. The molecule has 0 aliphatic carbocycles. The molecule has 1 aromatic carbocycles. The standard InChI is InChI=1S/C11H7Br2ClN2O/c1-16-5-7(4-15-16)6-2-8(12)10(11(14)17)9(13)3-6/h2-5H,1H3. The Labute approximate surface area is 120 Å². The lowest BCUT2D eigenvalue weighted by molar-refractivity contribution is 0.108. The first-order chi connectivity index (χ1) is 7.99. The normalized spacial score (nSPS) is 10.6. The van der Waals surface area contributed by atoms with E-state index in [4.69, 9.17) is 11.6 Å². The SMILES string of the molecule is Cn1cc(-c2cc(Br)c(C(=O)Cl)c(Br)c2)cn1. The molecule has 0 atom stereocenters. The minimum absolute atomic E-state index is 0.430. The van der Waals surface area contributed by atoms with E-state index in [1.54, 1.807) is 10.9 Å². The number of nitrogens with zero attached hydrogens (tertiary/aromatic N) is 2. The summed E-state index contributed by atoms with van der Waals surface area (Å²) in [5, 5.41) is 3.60. The van der Waals surface area contributed by atoms with Gasteiger partial charge in [-0.3, -0.25) is 9.48 Å². The van der Waals surface area contributed by atoms with E-state index in [1.165, 1.54) is 0 Å². The Balaban J connectivity index is 2.56. The summed E-state index contributed by atoms with van der Waals surface area (Å²) in [6, 6.07) is 3.69. The zero-order valence-corrected chi connectivity index (χ0v) is 12.7. The van der Waals surface area contributed by atoms with Crippen molar-refractivity contribution in [1.29, 1.82) is 0 Å². The van der Waals surface area contributed by atoms with Crippen LogP contribution in [0.3, 0.4) is 0 Å². The molecule has 6 heteroatoms. The van der Waals surface area contributed by atoms with E-state index in [2.05, 4.69) is 37.0 Å². The molecule has 0 aliphatic rings. The van der Waals surface area contributed by atoms with E-state index in [0.717, 1.165) is 11.1 Å². The number of aryl methyl sites for hydroxylation is 1. The van der Waals surface area contributed by atoms with Gasteiger partial charge in [-0.15, -0.1) is 0 Å². The van der Waals surface area contributed by atoms with Crippen molar-refractivity contribution in [1.82, 2.24) is 9.78 Å². The summed E-state index contributed by atoms with van der Waals surface area (Å²) >= 11 is 12.2. The van der Waals surface area contributed by atoms with Crippen LogP contribution in [0.2, 0.25) is 0 Å². The van der Waals surface area contributed by atoms with Gasteiger partial charge in [-0.1, -0.05) is 0 Å². The van der Waals surface area contributed by atoms with Crippen LogP contribution in [0, 0.1) is 0 Å². The number of hydrogen-bond donors (Lipinski definition) is 0. The summed E-state index contributed by atoms with van der Waals surface area (Å²) in [6.45, 7) is 0. The highest BCUT2D eigenvalue weighted by molar-refractivity contribution is 9.11. The highest BCUT2D eigenvalue weighted by Gasteiger charge is 2.14. The fourth-order valence-corrected chi connectivity index (χ4v) is 3.48. The molecule has 2 rings (SSSR count). The quantitative estimate of drug-likeness (QED) is 0.741. The van der Waals surface area contributed by atoms with Gasteiger partial charge in [0.2, 0.25) is 0 Å². The van der Waals surface area contributed by atoms with Crippen LogP contribution >= 0.6 is 43.5 Å². The van der Waals surface area contributed by atoms with Gasteiger partial charge in [-0.05, 0) is 61.2 Å². The maximum atomic E-state index is 11.2. The van der Waals surface area contributed by atoms with E-state index in [1.807, 2.05) is 25.4 Å². The molecule has 0 amide bonds. The third-order valence-corrected chi connectivity index (χ3v) is 3.72. The van der Waals surface area contributed by atoms with Crippen molar-refractivity contribution in [2.45, 2.75) is 0 Å². The molecule has 0 radical (unpaired) electrons. The first-order valence-electron chi connectivity index (χ1n) is 4.67. The number of aromatic nitrogens is 2. The third-order valence-electron chi connectivity index (χ3n) is 2.28. The van der Waals surface area contributed by atoms with Crippen molar-refractivity contribution in [3.05, 3.63) is 39.0 Å². The van der Waals surface area contributed by atoms with E-state index < -0.39 is 5.24 Å². The first-order valence-corrected chi connectivity index (χ1v) is 6.63. The second kappa shape index (κ2) is 4.92. The van der Waals surface area contributed by atoms with Crippen LogP contribution in [0.15, 0.2) is 33.5 Å². The van der Waals surface area contributed by atoms with E-state index in [-0.39, 0.29) is 0 Å². The van der Waals surface area contributed by atoms with Gasteiger partial charge in [-0.25, -0.2) is 0 Å². The zero-order valence-electron chi connectivity index (χ0n) is 8.75. The van der Waals surface area contributed by atoms with E-state index >= 15 is 0 Å². The van der Waals surface area contributed by atoms with Crippen molar-refractivity contribution < 1.29 is 4.79 Å². The van der Waals surface area contributed by atoms with Crippen LogP contribution in [-0.2, 0) is 7.05 Å². The summed E-state index contributed by atoms with van der Waals surface area (Å²) in [5.41, 5.74) is 2.36. The molecule has 0 aliphatic heterocycles. The number of carbonyl (C=O) groups is 1. The molecular weight excluding hydrogens is 371 g/mol. The van der Waals surface area contributed by atoms with Crippen molar-refractivity contribution >= 4 is 48.7 Å². The van der Waals surface area contributed by atoms with Crippen molar-refractivity contribution in [3.63, 3.8) is 0 Å². The molecule has 0 fully saturated rings. The molecule has 1 aromatic heterocycles. The third kappa shape index (κ3) is 2.61. The molecule has 0 bridgehead atoms. The van der Waals surface area contributed by atoms with Crippen molar-refractivity contribution in [2.24, 2.45) is 7.05 Å². The monoisotopic (exact) mass is 376 g/mol. The van der Waals surface area contributed by atoms with Crippen molar-refractivity contribution in [2.75, 3.05) is 0 Å². The van der Waals surface area contributed by atoms with E-state index in [9.17, 15) is 4.79 Å². The topological polar surface area (TPSA) is 34.9 Å². The molecule has 0 saturated heterocycles. The average molecular weight is 378 g/mol. The molecule has 3 nitrogen and oxygen atoms in total. The second-order valence-electron chi connectivity index (χ2n) is 3.49. The minimum Gasteiger partial charge on any atom is -0.276 e. The zero-order chi connectivity index (χ0) is 12.6. The Hall–Kier alpha value is -0.650. The molecule has 0 saturated carbocycles. The maximum Gasteiger partial charge on any atom is 0.254 e. The van der Waals surface area contributed by atoms with Gasteiger partial charge in [0.25, 0.3) is 5.24 Å². The largest absolute Gasteiger partial charge is 0.276 e. The Bertz CT molecular complexity index is 572. The number of benzene rings is 1. The predicted octanol–water partition coefficient (Wildman–Crippen LogP) is 3.99. The fraction of sp³-hybridized carbons (Fsp3) is 0.0909. The number of rotatable bonds is 2. The van der Waals surface area contributed by atoms with Gasteiger partial charge in [0.1, 0.15) is 0 Å². The van der Waals surface area contributed by atoms with Crippen LogP contribution in [0.5, 0.6) is 0 Å². The molecule has 2 aromatic rings. The number of carbonyl (C=O) groups excluding carboxylic acids is 1. The number of hydrogen-bond acceptors (Lipinski definition) is 2. The summed E-state index contributed by atoms with van der Waals surface area (Å²) < 4.78 is 3.04. The van der Waals surface area contributed by atoms with Gasteiger partial charge in [0.05, 0.1) is 11.8 Å². The van der Waals surface area contributed by atoms with Crippen LogP contribution in [0.1, 0.15) is 10.4 Å². The second-order valence-corrected chi connectivity index (χ2v) is 5.54.